The smallest absolute Gasteiger partial charge is 0.110 e. The van der Waals surface area contributed by atoms with Crippen molar-refractivity contribution in [1.29, 1.82) is 0 Å². The molecule has 1 unspecified atom stereocenters. The number of thiazole rings is 1. The topological polar surface area (TPSA) is 24.9 Å². The molecule has 1 rings (SSSR count). The second kappa shape index (κ2) is 6.43. The molecule has 1 aromatic rings. The van der Waals surface area contributed by atoms with Gasteiger partial charge in [-0.05, 0) is 38.8 Å². The van der Waals surface area contributed by atoms with Gasteiger partial charge in [0.1, 0.15) is 5.01 Å². The molecule has 0 saturated heterocycles. The van der Waals surface area contributed by atoms with Gasteiger partial charge in [-0.25, -0.2) is 4.98 Å². The Balaban J connectivity index is 2.45. The maximum absolute atomic E-state index is 4.51. The van der Waals surface area contributed by atoms with Gasteiger partial charge in [-0.2, -0.15) is 11.8 Å². The lowest BCUT2D eigenvalue weighted by Crippen LogP contribution is -2.16. The molecule has 1 N–H and O–H groups in total. The van der Waals surface area contributed by atoms with E-state index in [0.29, 0.717) is 6.04 Å². The highest BCUT2D eigenvalue weighted by Gasteiger charge is 2.11. The van der Waals surface area contributed by atoms with Crippen LogP contribution in [0.1, 0.15) is 29.6 Å². The van der Waals surface area contributed by atoms with Crippen molar-refractivity contribution < 1.29 is 0 Å². The van der Waals surface area contributed by atoms with Crippen LogP contribution in [0.25, 0.3) is 0 Å². The molecular formula is C10H18N2S2. The van der Waals surface area contributed by atoms with Crippen molar-refractivity contribution in [3.63, 3.8) is 0 Å². The third-order valence-electron chi connectivity index (χ3n) is 2.12. The predicted molar refractivity (Wildman–Crippen MR) is 66.3 cm³/mol. The summed E-state index contributed by atoms with van der Waals surface area (Å²) in [5.41, 5.74) is 1.13. The number of nitrogens with zero attached hydrogens (tertiary/aromatic N) is 1. The van der Waals surface area contributed by atoms with E-state index in [1.54, 1.807) is 11.3 Å². The molecule has 1 aromatic heterocycles. The fraction of sp³-hybridized carbons (Fsp3) is 0.700. The lowest BCUT2D eigenvalue weighted by atomic mass is 10.2. The van der Waals surface area contributed by atoms with Gasteiger partial charge in [0.25, 0.3) is 0 Å². The first-order valence-corrected chi connectivity index (χ1v) is 7.13. The average Bonchev–Trinajstić information content (AvgIpc) is 2.60. The molecule has 0 radical (unpaired) electrons. The van der Waals surface area contributed by atoms with Gasteiger partial charge >= 0.3 is 0 Å². The standard InChI is InChI=1S/C10H18N2S2/c1-8-7-14-10(12-8)9(11-2)5-4-6-13-3/h7,9,11H,4-6H2,1-3H3. The highest BCUT2D eigenvalue weighted by atomic mass is 32.2. The van der Waals surface area contributed by atoms with Crippen LogP contribution in [0.3, 0.4) is 0 Å². The summed E-state index contributed by atoms with van der Waals surface area (Å²) < 4.78 is 0. The molecule has 0 aromatic carbocycles. The minimum atomic E-state index is 0.445. The second-order valence-corrected chi connectivity index (χ2v) is 5.18. The quantitative estimate of drug-likeness (QED) is 0.761. The van der Waals surface area contributed by atoms with Gasteiger partial charge < -0.3 is 5.32 Å². The van der Waals surface area contributed by atoms with E-state index in [0.717, 1.165) is 5.69 Å². The van der Waals surface area contributed by atoms with Gasteiger partial charge in [-0.1, -0.05) is 0 Å². The van der Waals surface area contributed by atoms with Crippen molar-refractivity contribution in [1.82, 2.24) is 10.3 Å². The van der Waals surface area contributed by atoms with E-state index in [9.17, 15) is 0 Å². The summed E-state index contributed by atoms with van der Waals surface area (Å²) in [6.45, 7) is 2.05. The molecule has 4 heteroatoms. The lowest BCUT2D eigenvalue weighted by Gasteiger charge is -2.12. The molecule has 0 amide bonds. The average molecular weight is 230 g/mol. The molecule has 1 heterocycles. The monoisotopic (exact) mass is 230 g/mol. The molecular weight excluding hydrogens is 212 g/mol. The molecule has 0 saturated carbocycles. The number of aromatic nitrogens is 1. The van der Waals surface area contributed by atoms with E-state index in [1.165, 1.54) is 23.6 Å². The fourth-order valence-electron chi connectivity index (χ4n) is 1.36. The largest absolute Gasteiger partial charge is 0.311 e. The van der Waals surface area contributed by atoms with Gasteiger partial charge in [0.15, 0.2) is 0 Å². The number of rotatable bonds is 6. The number of hydrogen-bond donors (Lipinski definition) is 1. The lowest BCUT2D eigenvalue weighted by molar-refractivity contribution is 0.540. The first-order valence-electron chi connectivity index (χ1n) is 4.86. The Morgan fingerprint density at radius 1 is 1.64 bits per heavy atom. The zero-order valence-electron chi connectivity index (χ0n) is 9.04. The van der Waals surface area contributed by atoms with Crippen molar-refractivity contribution in [2.24, 2.45) is 0 Å². The summed E-state index contributed by atoms with van der Waals surface area (Å²) in [6.07, 6.45) is 4.59. The Labute approximate surface area is 94.5 Å². The van der Waals surface area contributed by atoms with E-state index in [4.69, 9.17) is 0 Å². The molecule has 80 valence electrons. The van der Waals surface area contributed by atoms with Crippen LogP contribution in [0.2, 0.25) is 0 Å². The van der Waals surface area contributed by atoms with Crippen LogP contribution in [0, 0.1) is 6.92 Å². The van der Waals surface area contributed by atoms with Crippen molar-refractivity contribution in [3.8, 4) is 0 Å². The Morgan fingerprint density at radius 3 is 2.93 bits per heavy atom. The van der Waals surface area contributed by atoms with E-state index >= 15 is 0 Å². The Morgan fingerprint density at radius 2 is 2.43 bits per heavy atom. The third kappa shape index (κ3) is 3.59. The SMILES string of the molecule is CNC(CCCSC)c1nc(C)cs1. The summed E-state index contributed by atoms with van der Waals surface area (Å²) in [5.74, 6) is 1.24. The van der Waals surface area contributed by atoms with Crippen LogP contribution in [0.15, 0.2) is 5.38 Å². The zero-order valence-corrected chi connectivity index (χ0v) is 10.7. The highest BCUT2D eigenvalue weighted by molar-refractivity contribution is 7.98. The van der Waals surface area contributed by atoms with Crippen LogP contribution in [-0.2, 0) is 0 Å². The summed E-state index contributed by atoms with van der Waals surface area (Å²) in [7, 11) is 2.01. The molecule has 0 fully saturated rings. The first kappa shape index (κ1) is 12.0. The van der Waals surface area contributed by atoms with Crippen molar-refractivity contribution in [2.75, 3.05) is 19.1 Å². The van der Waals surface area contributed by atoms with Gasteiger partial charge in [-0.15, -0.1) is 11.3 Å². The number of nitrogens with one attached hydrogen (secondary N) is 1. The molecule has 2 nitrogen and oxygen atoms in total. The summed E-state index contributed by atoms with van der Waals surface area (Å²) in [4.78, 5) is 4.51. The van der Waals surface area contributed by atoms with E-state index < -0.39 is 0 Å². The number of thioether (sulfide) groups is 1. The highest BCUT2D eigenvalue weighted by Crippen LogP contribution is 2.22. The van der Waals surface area contributed by atoms with Gasteiger partial charge in [0.05, 0.1) is 6.04 Å². The first-order chi connectivity index (χ1) is 6.77. The molecule has 0 bridgehead atoms. The van der Waals surface area contributed by atoms with Crippen LogP contribution in [-0.4, -0.2) is 24.0 Å². The van der Waals surface area contributed by atoms with Gasteiger partial charge in [-0.3, -0.25) is 0 Å². The number of aryl methyl sites for hydroxylation is 1. The molecule has 0 aliphatic carbocycles. The van der Waals surface area contributed by atoms with Crippen LogP contribution in [0.5, 0.6) is 0 Å². The second-order valence-electron chi connectivity index (χ2n) is 3.30. The van der Waals surface area contributed by atoms with E-state index in [2.05, 4.69) is 28.9 Å². The van der Waals surface area contributed by atoms with Crippen molar-refractivity contribution >= 4 is 23.1 Å². The van der Waals surface area contributed by atoms with Crippen LogP contribution >= 0.6 is 23.1 Å². The van der Waals surface area contributed by atoms with E-state index in [1.807, 2.05) is 18.8 Å². The van der Waals surface area contributed by atoms with Crippen molar-refractivity contribution in [3.05, 3.63) is 16.1 Å². The molecule has 0 spiro atoms. The molecule has 14 heavy (non-hydrogen) atoms. The van der Waals surface area contributed by atoms with Crippen LogP contribution < -0.4 is 5.32 Å². The Kier molecular flexibility index (Phi) is 5.52. The third-order valence-corrected chi connectivity index (χ3v) is 3.90. The van der Waals surface area contributed by atoms with Crippen molar-refractivity contribution in [2.45, 2.75) is 25.8 Å². The minimum absolute atomic E-state index is 0.445. The summed E-state index contributed by atoms with van der Waals surface area (Å²) in [6, 6.07) is 0.445. The summed E-state index contributed by atoms with van der Waals surface area (Å²) in [5, 5.41) is 6.68. The molecule has 0 aliphatic heterocycles. The van der Waals surface area contributed by atoms with Gasteiger partial charge in [0, 0.05) is 11.1 Å². The fourth-order valence-corrected chi connectivity index (χ4v) is 2.75. The summed E-state index contributed by atoms with van der Waals surface area (Å²) >= 11 is 3.67. The zero-order chi connectivity index (χ0) is 10.4. The molecule has 1 atom stereocenters. The normalized spacial score (nSPS) is 13.1. The Hall–Kier alpha value is -0.0600. The maximum atomic E-state index is 4.51. The maximum Gasteiger partial charge on any atom is 0.110 e. The van der Waals surface area contributed by atoms with Gasteiger partial charge in [0.2, 0.25) is 0 Å². The van der Waals surface area contributed by atoms with Crippen LogP contribution in [0.4, 0.5) is 0 Å². The van der Waals surface area contributed by atoms with E-state index in [-0.39, 0.29) is 0 Å². The minimum Gasteiger partial charge on any atom is -0.311 e. The number of hydrogen-bond acceptors (Lipinski definition) is 4. The Bertz CT molecular complexity index is 260. The predicted octanol–water partition coefficient (Wildman–Crippen LogP) is 2.86. The molecule has 0 aliphatic rings.